The second-order valence-electron chi connectivity index (χ2n) is 5.60. The van der Waals surface area contributed by atoms with E-state index < -0.39 is 0 Å². The molecule has 2 aliphatic carbocycles. The number of ether oxygens (including phenoxy) is 1. The van der Waals surface area contributed by atoms with Gasteiger partial charge >= 0.3 is 0 Å². The van der Waals surface area contributed by atoms with E-state index in [-0.39, 0.29) is 5.82 Å². The lowest BCUT2D eigenvalue weighted by atomic mass is 10.1. The van der Waals surface area contributed by atoms with E-state index in [4.69, 9.17) is 4.74 Å². The van der Waals surface area contributed by atoms with Crippen molar-refractivity contribution in [1.29, 1.82) is 0 Å². The molecule has 3 heteroatoms. The van der Waals surface area contributed by atoms with Gasteiger partial charge in [-0.1, -0.05) is 0 Å². The summed E-state index contributed by atoms with van der Waals surface area (Å²) < 4.78 is 19.2. The first-order chi connectivity index (χ1) is 8.78. The Hall–Kier alpha value is -1.09. The third kappa shape index (κ3) is 2.66. The van der Waals surface area contributed by atoms with Gasteiger partial charge in [0, 0.05) is 5.56 Å². The fraction of sp³-hybridized carbons (Fsp3) is 0.600. The van der Waals surface area contributed by atoms with Crippen LogP contribution in [0.15, 0.2) is 18.2 Å². The maximum Gasteiger partial charge on any atom is 0.123 e. The molecule has 2 atom stereocenters. The van der Waals surface area contributed by atoms with E-state index in [9.17, 15) is 4.39 Å². The van der Waals surface area contributed by atoms with Crippen molar-refractivity contribution in [2.24, 2.45) is 11.8 Å². The van der Waals surface area contributed by atoms with Gasteiger partial charge in [0.1, 0.15) is 11.6 Å². The van der Waals surface area contributed by atoms with Crippen LogP contribution in [0.4, 0.5) is 4.39 Å². The van der Waals surface area contributed by atoms with Crippen molar-refractivity contribution < 1.29 is 9.13 Å². The first kappa shape index (κ1) is 12.0. The summed E-state index contributed by atoms with van der Waals surface area (Å²) in [7, 11) is 1.96. The largest absolute Gasteiger partial charge is 0.493 e. The van der Waals surface area contributed by atoms with Crippen molar-refractivity contribution in [3.63, 3.8) is 0 Å². The number of halogens is 1. The van der Waals surface area contributed by atoms with Gasteiger partial charge < -0.3 is 10.1 Å². The molecule has 0 radical (unpaired) electrons. The van der Waals surface area contributed by atoms with Crippen molar-refractivity contribution in [1.82, 2.24) is 5.32 Å². The summed E-state index contributed by atoms with van der Waals surface area (Å²) in [5, 5.41) is 3.19. The van der Waals surface area contributed by atoms with Crippen LogP contribution in [0.3, 0.4) is 0 Å². The molecular formula is C15H20FNO. The Morgan fingerprint density at radius 2 is 2.22 bits per heavy atom. The molecule has 0 bridgehead atoms. The summed E-state index contributed by atoms with van der Waals surface area (Å²) in [6.45, 7) is 1.80. The van der Waals surface area contributed by atoms with E-state index in [1.165, 1.54) is 18.9 Å². The normalized spacial score (nSPS) is 26.1. The standard InChI is InChI=1S/C15H20FNO/c1-17-8-11-6-13(11)14-7-12(16)4-5-15(14)18-9-10-2-3-10/h4-5,7,10-11,13,17H,2-3,6,8-9H2,1H3. The Morgan fingerprint density at radius 1 is 1.39 bits per heavy atom. The zero-order valence-corrected chi connectivity index (χ0v) is 10.8. The van der Waals surface area contributed by atoms with Gasteiger partial charge in [-0.2, -0.15) is 0 Å². The van der Waals surface area contributed by atoms with E-state index in [0.29, 0.717) is 11.8 Å². The minimum atomic E-state index is -0.154. The molecule has 0 saturated heterocycles. The average Bonchev–Trinajstić information content (AvgIpc) is 3.23. The highest BCUT2D eigenvalue weighted by molar-refractivity contribution is 5.40. The Bertz CT molecular complexity index is 431. The van der Waals surface area contributed by atoms with Gasteiger partial charge in [0.05, 0.1) is 6.61 Å². The Balaban J connectivity index is 1.71. The van der Waals surface area contributed by atoms with Gasteiger partial charge in [0.15, 0.2) is 0 Å². The highest BCUT2D eigenvalue weighted by Crippen LogP contribution is 2.50. The van der Waals surface area contributed by atoms with Crippen molar-refractivity contribution in [3.05, 3.63) is 29.6 Å². The molecular weight excluding hydrogens is 229 g/mol. The predicted molar refractivity (Wildman–Crippen MR) is 69.4 cm³/mol. The quantitative estimate of drug-likeness (QED) is 0.837. The maximum atomic E-state index is 13.4. The van der Waals surface area contributed by atoms with Crippen LogP contribution in [0.1, 0.15) is 30.7 Å². The molecule has 18 heavy (non-hydrogen) atoms. The minimum Gasteiger partial charge on any atom is -0.493 e. The van der Waals surface area contributed by atoms with Gasteiger partial charge in [-0.15, -0.1) is 0 Å². The molecule has 2 saturated carbocycles. The predicted octanol–water partition coefficient (Wildman–Crippen LogP) is 2.94. The lowest BCUT2D eigenvalue weighted by molar-refractivity contribution is 0.296. The summed E-state index contributed by atoms with van der Waals surface area (Å²) in [6, 6.07) is 4.95. The van der Waals surface area contributed by atoms with E-state index >= 15 is 0 Å². The Kier molecular flexibility index (Phi) is 3.25. The minimum absolute atomic E-state index is 0.154. The topological polar surface area (TPSA) is 21.3 Å². The number of hydrogen-bond acceptors (Lipinski definition) is 2. The van der Waals surface area contributed by atoms with Crippen molar-refractivity contribution in [2.75, 3.05) is 20.2 Å². The molecule has 1 aromatic carbocycles. The molecule has 0 amide bonds. The maximum absolute atomic E-state index is 13.4. The van der Waals surface area contributed by atoms with Crippen LogP contribution in [0, 0.1) is 17.7 Å². The molecule has 2 aliphatic rings. The summed E-state index contributed by atoms with van der Waals surface area (Å²) in [4.78, 5) is 0. The Morgan fingerprint density at radius 3 is 2.94 bits per heavy atom. The van der Waals surface area contributed by atoms with Gasteiger partial charge in [0.2, 0.25) is 0 Å². The Labute approximate surface area is 108 Å². The van der Waals surface area contributed by atoms with Gasteiger partial charge in [0.25, 0.3) is 0 Å². The van der Waals surface area contributed by atoms with E-state index in [0.717, 1.165) is 36.8 Å². The molecule has 1 aromatic rings. The lowest BCUT2D eigenvalue weighted by Crippen LogP contribution is -2.10. The van der Waals surface area contributed by atoms with E-state index in [1.54, 1.807) is 12.1 Å². The smallest absolute Gasteiger partial charge is 0.123 e. The molecule has 98 valence electrons. The van der Waals surface area contributed by atoms with Crippen molar-refractivity contribution in [3.8, 4) is 5.75 Å². The molecule has 3 rings (SSSR count). The monoisotopic (exact) mass is 249 g/mol. The second-order valence-corrected chi connectivity index (χ2v) is 5.60. The fourth-order valence-electron chi connectivity index (χ4n) is 2.55. The summed E-state index contributed by atoms with van der Waals surface area (Å²) >= 11 is 0. The first-order valence-electron chi connectivity index (χ1n) is 6.84. The molecule has 2 unspecified atom stereocenters. The van der Waals surface area contributed by atoms with Crippen LogP contribution >= 0.6 is 0 Å². The van der Waals surface area contributed by atoms with Gasteiger partial charge in [-0.05, 0) is 68.8 Å². The lowest BCUT2D eigenvalue weighted by Gasteiger charge is -2.11. The molecule has 1 N–H and O–H groups in total. The highest BCUT2D eigenvalue weighted by Gasteiger charge is 2.39. The molecule has 0 spiro atoms. The summed E-state index contributed by atoms with van der Waals surface area (Å²) in [5.74, 6) is 2.59. The van der Waals surface area contributed by atoms with Crippen LogP contribution in [0.2, 0.25) is 0 Å². The summed E-state index contributed by atoms with van der Waals surface area (Å²) in [5.41, 5.74) is 1.07. The SMILES string of the molecule is CNCC1CC1c1cc(F)ccc1OCC1CC1. The first-order valence-corrected chi connectivity index (χ1v) is 6.84. The third-order valence-electron chi connectivity index (χ3n) is 3.93. The summed E-state index contributed by atoms with van der Waals surface area (Å²) in [6.07, 6.45) is 3.70. The van der Waals surface area contributed by atoms with Gasteiger partial charge in [-0.3, -0.25) is 0 Å². The van der Waals surface area contributed by atoms with Crippen molar-refractivity contribution in [2.45, 2.75) is 25.2 Å². The molecule has 0 aromatic heterocycles. The number of hydrogen-bond donors (Lipinski definition) is 1. The molecule has 2 fully saturated rings. The van der Waals surface area contributed by atoms with Crippen LogP contribution in [-0.2, 0) is 0 Å². The van der Waals surface area contributed by atoms with Crippen LogP contribution < -0.4 is 10.1 Å². The van der Waals surface area contributed by atoms with Crippen LogP contribution in [0.25, 0.3) is 0 Å². The van der Waals surface area contributed by atoms with E-state index in [1.807, 2.05) is 7.05 Å². The van der Waals surface area contributed by atoms with Crippen molar-refractivity contribution >= 4 is 0 Å². The third-order valence-corrected chi connectivity index (χ3v) is 3.93. The highest BCUT2D eigenvalue weighted by atomic mass is 19.1. The second kappa shape index (κ2) is 4.88. The average molecular weight is 249 g/mol. The number of nitrogens with one attached hydrogen (secondary N) is 1. The molecule has 0 heterocycles. The fourth-order valence-corrected chi connectivity index (χ4v) is 2.55. The molecule has 0 aliphatic heterocycles. The van der Waals surface area contributed by atoms with Crippen LogP contribution in [0.5, 0.6) is 5.75 Å². The van der Waals surface area contributed by atoms with Gasteiger partial charge in [-0.25, -0.2) is 4.39 Å². The molecule has 2 nitrogen and oxygen atoms in total. The zero-order chi connectivity index (χ0) is 12.5. The zero-order valence-electron chi connectivity index (χ0n) is 10.8. The van der Waals surface area contributed by atoms with E-state index in [2.05, 4.69) is 5.32 Å². The number of rotatable bonds is 6. The number of benzene rings is 1. The van der Waals surface area contributed by atoms with Crippen LogP contribution in [-0.4, -0.2) is 20.2 Å².